The Bertz CT molecular complexity index is 349. The maximum absolute atomic E-state index is 11.4. The fourth-order valence-corrected chi connectivity index (χ4v) is 1.46. The van der Waals surface area contributed by atoms with Crippen LogP contribution in [0.2, 0.25) is 0 Å². The zero-order valence-corrected chi connectivity index (χ0v) is 9.77. The van der Waals surface area contributed by atoms with Crippen molar-refractivity contribution in [3.05, 3.63) is 11.4 Å². The molecule has 0 aliphatic carbocycles. The van der Waals surface area contributed by atoms with Gasteiger partial charge in [-0.1, -0.05) is 18.6 Å². The molecule has 0 fully saturated rings. The van der Waals surface area contributed by atoms with Crippen molar-refractivity contribution in [1.82, 2.24) is 15.0 Å². The van der Waals surface area contributed by atoms with Gasteiger partial charge >= 0.3 is 5.97 Å². The van der Waals surface area contributed by atoms with Gasteiger partial charge in [-0.05, 0) is 13.0 Å². The first-order chi connectivity index (χ1) is 7.74. The SMILES string of the molecule is CCCCn1nnc(C(=O)OC)c1CCN. The number of aromatic nitrogens is 3. The van der Waals surface area contributed by atoms with Crippen LogP contribution in [0, 0.1) is 0 Å². The van der Waals surface area contributed by atoms with E-state index in [4.69, 9.17) is 5.73 Å². The molecule has 1 aromatic heterocycles. The summed E-state index contributed by atoms with van der Waals surface area (Å²) in [5, 5.41) is 7.79. The van der Waals surface area contributed by atoms with Gasteiger partial charge in [-0.25, -0.2) is 9.48 Å². The highest BCUT2D eigenvalue weighted by molar-refractivity contribution is 5.88. The average molecular weight is 226 g/mol. The first-order valence-corrected chi connectivity index (χ1v) is 5.45. The third kappa shape index (κ3) is 2.79. The summed E-state index contributed by atoms with van der Waals surface area (Å²) in [7, 11) is 1.33. The quantitative estimate of drug-likeness (QED) is 0.708. The van der Waals surface area contributed by atoms with Gasteiger partial charge in [0.2, 0.25) is 0 Å². The lowest BCUT2D eigenvalue weighted by Crippen LogP contribution is -2.14. The van der Waals surface area contributed by atoms with Gasteiger partial charge < -0.3 is 10.5 Å². The molecule has 6 heteroatoms. The second-order valence-electron chi connectivity index (χ2n) is 3.49. The maximum atomic E-state index is 11.4. The number of hydrogen-bond donors (Lipinski definition) is 1. The van der Waals surface area contributed by atoms with Crippen LogP contribution in [-0.2, 0) is 17.7 Å². The number of methoxy groups -OCH3 is 1. The van der Waals surface area contributed by atoms with Gasteiger partial charge in [-0.2, -0.15) is 0 Å². The van der Waals surface area contributed by atoms with E-state index in [0.29, 0.717) is 13.0 Å². The number of unbranched alkanes of at least 4 members (excludes halogenated alkanes) is 1. The summed E-state index contributed by atoms with van der Waals surface area (Å²) in [6.07, 6.45) is 2.65. The largest absolute Gasteiger partial charge is 0.464 e. The Labute approximate surface area is 94.8 Å². The molecule has 0 saturated heterocycles. The van der Waals surface area contributed by atoms with E-state index in [-0.39, 0.29) is 5.69 Å². The predicted molar refractivity (Wildman–Crippen MR) is 59.0 cm³/mol. The lowest BCUT2D eigenvalue weighted by atomic mass is 10.2. The van der Waals surface area contributed by atoms with E-state index in [1.165, 1.54) is 7.11 Å². The molecule has 16 heavy (non-hydrogen) atoms. The number of nitrogens with zero attached hydrogens (tertiary/aromatic N) is 3. The van der Waals surface area contributed by atoms with Gasteiger partial charge in [-0.3, -0.25) is 0 Å². The second-order valence-corrected chi connectivity index (χ2v) is 3.49. The van der Waals surface area contributed by atoms with Gasteiger partial charge in [-0.15, -0.1) is 5.10 Å². The van der Waals surface area contributed by atoms with Crippen molar-refractivity contribution in [2.45, 2.75) is 32.7 Å². The van der Waals surface area contributed by atoms with E-state index in [2.05, 4.69) is 22.0 Å². The summed E-state index contributed by atoms with van der Waals surface area (Å²) in [6.45, 7) is 3.32. The van der Waals surface area contributed by atoms with Gasteiger partial charge in [0.05, 0.1) is 12.8 Å². The molecule has 1 aromatic rings. The Hall–Kier alpha value is -1.43. The number of aryl methyl sites for hydroxylation is 1. The number of carbonyl (C=O) groups excluding carboxylic acids is 1. The van der Waals surface area contributed by atoms with Crippen LogP contribution in [0.15, 0.2) is 0 Å². The summed E-state index contributed by atoms with van der Waals surface area (Å²) in [4.78, 5) is 11.4. The van der Waals surface area contributed by atoms with Crippen molar-refractivity contribution in [2.75, 3.05) is 13.7 Å². The van der Waals surface area contributed by atoms with Crippen molar-refractivity contribution in [1.29, 1.82) is 0 Å². The number of hydrogen-bond acceptors (Lipinski definition) is 5. The van der Waals surface area contributed by atoms with E-state index in [0.717, 1.165) is 25.1 Å². The molecular formula is C10H18N4O2. The first-order valence-electron chi connectivity index (χ1n) is 5.45. The molecule has 0 radical (unpaired) electrons. The summed E-state index contributed by atoms with van der Waals surface area (Å²) in [5.41, 5.74) is 6.55. The summed E-state index contributed by atoms with van der Waals surface area (Å²) >= 11 is 0. The van der Waals surface area contributed by atoms with Crippen molar-refractivity contribution in [3.8, 4) is 0 Å². The highest BCUT2D eigenvalue weighted by Gasteiger charge is 2.19. The molecular weight excluding hydrogens is 208 g/mol. The topological polar surface area (TPSA) is 83.0 Å². The minimum absolute atomic E-state index is 0.282. The fourth-order valence-electron chi connectivity index (χ4n) is 1.46. The Morgan fingerprint density at radius 1 is 1.56 bits per heavy atom. The number of rotatable bonds is 6. The zero-order valence-electron chi connectivity index (χ0n) is 9.77. The van der Waals surface area contributed by atoms with E-state index in [1.54, 1.807) is 4.68 Å². The third-order valence-electron chi connectivity index (χ3n) is 2.32. The van der Waals surface area contributed by atoms with Crippen LogP contribution in [0.25, 0.3) is 0 Å². The molecule has 0 aliphatic rings. The third-order valence-corrected chi connectivity index (χ3v) is 2.32. The smallest absolute Gasteiger partial charge is 0.360 e. The molecule has 0 saturated carbocycles. The van der Waals surface area contributed by atoms with Crippen molar-refractivity contribution in [2.24, 2.45) is 5.73 Å². The van der Waals surface area contributed by atoms with Gasteiger partial charge in [0.1, 0.15) is 0 Å². The van der Waals surface area contributed by atoms with Crippen molar-refractivity contribution in [3.63, 3.8) is 0 Å². The van der Waals surface area contributed by atoms with E-state index >= 15 is 0 Å². The molecule has 0 amide bonds. The standard InChI is InChI=1S/C10H18N4O2/c1-3-4-7-14-8(5-6-11)9(12-13-14)10(15)16-2/h3-7,11H2,1-2H3. The molecule has 0 unspecified atom stereocenters. The maximum Gasteiger partial charge on any atom is 0.360 e. The minimum atomic E-state index is -0.453. The van der Waals surface area contributed by atoms with Crippen LogP contribution in [0.1, 0.15) is 35.9 Å². The monoisotopic (exact) mass is 226 g/mol. The predicted octanol–water partition coefficient (Wildman–Crippen LogP) is 0.366. The van der Waals surface area contributed by atoms with Crippen LogP contribution in [0.3, 0.4) is 0 Å². The number of esters is 1. The Balaban J connectivity index is 2.92. The summed E-state index contributed by atoms with van der Waals surface area (Å²) in [5.74, 6) is -0.453. The molecule has 90 valence electrons. The van der Waals surface area contributed by atoms with Gasteiger partial charge in [0, 0.05) is 13.0 Å². The average Bonchev–Trinajstić information content (AvgIpc) is 2.69. The van der Waals surface area contributed by atoms with Crippen LogP contribution < -0.4 is 5.73 Å². The molecule has 6 nitrogen and oxygen atoms in total. The Morgan fingerprint density at radius 2 is 2.31 bits per heavy atom. The number of carbonyl (C=O) groups is 1. The molecule has 0 bridgehead atoms. The van der Waals surface area contributed by atoms with Crippen LogP contribution in [0.5, 0.6) is 0 Å². The zero-order chi connectivity index (χ0) is 12.0. The van der Waals surface area contributed by atoms with E-state index < -0.39 is 5.97 Å². The highest BCUT2D eigenvalue weighted by Crippen LogP contribution is 2.08. The van der Waals surface area contributed by atoms with Crippen LogP contribution >= 0.6 is 0 Å². The van der Waals surface area contributed by atoms with Crippen molar-refractivity contribution < 1.29 is 9.53 Å². The summed E-state index contributed by atoms with van der Waals surface area (Å²) < 4.78 is 6.38. The van der Waals surface area contributed by atoms with Gasteiger partial charge in [0.25, 0.3) is 0 Å². The number of ether oxygens (including phenoxy) is 1. The van der Waals surface area contributed by atoms with E-state index in [9.17, 15) is 4.79 Å². The lowest BCUT2D eigenvalue weighted by molar-refractivity contribution is 0.0592. The first kappa shape index (κ1) is 12.6. The highest BCUT2D eigenvalue weighted by atomic mass is 16.5. The molecule has 0 aromatic carbocycles. The Morgan fingerprint density at radius 3 is 2.88 bits per heavy atom. The Kier molecular flexibility index (Phi) is 4.91. The molecule has 1 heterocycles. The molecule has 1 rings (SSSR count). The molecule has 0 spiro atoms. The van der Waals surface area contributed by atoms with Crippen LogP contribution in [0.4, 0.5) is 0 Å². The van der Waals surface area contributed by atoms with Crippen LogP contribution in [-0.4, -0.2) is 34.6 Å². The molecule has 0 atom stereocenters. The van der Waals surface area contributed by atoms with Gasteiger partial charge in [0.15, 0.2) is 5.69 Å². The van der Waals surface area contributed by atoms with E-state index in [1.807, 2.05) is 0 Å². The lowest BCUT2D eigenvalue weighted by Gasteiger charge is -2.05. The normalized spacial score (nSPS) is 10.4. The minimum Gasteiger partial charge on any atom is -0.464 e. The molecule has 0 aliphatic heterocycles. The number of nitrogens with two attached hydrogens (primary N) is 1. The second kappa shape index (κ2) is 6.22. The molecule has 2 N–H and O–H groups in total. The van der Waals surface area contributed by atoms with Crippen molar-refractivity contribution >= 4 is 5.97 Å². The summed E-state index contributed by atoms with van der Waals surface area (Å²) in [6, 6.07) is 0. The fraction of sp³-hybridized carbons (Fsp3) is 0.700.